The van der Waals surface area contributed by atoms with E-state index in [0.717, 1.165) is 29.2 Å². The van der Waals surface area contributed by atoms with Gasteiger partial charge in [-0.15, -0.1) is 0 Å². The lowest BCUT2D eigenvalue weighted by atomic mass is 10.0. The summed E-state index contributed by atoms with van der Waals surface area (Å²) in [7, 11) is 0. The van der Waals surface area contributed by atoms with Gasteiger partial charge < -0.3 is 15.2 Å². The van der Waals surface area contributed by atoms with E-state index in [-0.39, 0.29) is 6.42 Å². The Morgan fingerprint density at radius 3 is 2.61 bits per heavy atom. The molecule has 2 N–H and O–H groups in total. The van der Waals surface area contributed by atoms with Crippen LogP contribution in [0.15, 0.2) is 42.5 Å². The van der Waals surface area contributed by atoms with E-state index in [1.165, 1.54) is 0 Å². The van der Waals surface area contributed by atoms with Crippen molar-refractivity contribution in [3.63, 3.8) is 0 Å². The molecule has 0 heterocycles. The fraction of sp³-hybridized carbons (Fsp3) is 0.333. The van der Waals surface area contributed by atoms with Crippen LogP contribution in [0, 0.1) is 0 Å². The van der Waals surface area contributed by atoms with Crippen molar-refractivity contribution in [1.29, 1.82) is 0 Å². The number of alkyl carbamates (subject to hydrolysis) is 1. The Morgan fingerprint density at radius 1 is 1.17 bits per heavy atom. The predicted octanol–water partition coefficient (Wildman–Crippen LogP) is 3.36. The van der Waals surface area contributed by atoms with Crippen molar-refractivity contribution in [3.8, 4) is 0 Å². The van der Waals surface area contributed by atoms with Crippen LogP contribution in [0.25, 0.3) is 10.8 Å². The molecule has 2 rings (SSSR count). The van der Waals surface area contributed by atoms with Crippen LogP contribution in [0.4, 0.5) is 4.79 Å². The molecular weight excluding hydrogens is 294 g/mol. The fourth-order valence-electron chi connectivity index (χ4n) is 2.29. The molecule has 0 aliphatic heterocycles. The van der Waals surface area contributed by atoms with Crippen molar-refractivity contribution < 1.29 is 19.4 Å². The zero-order valence-corrected chi connectivity index (χ0v) is 13.1. The van der Waals surface area contributed by atoms with Gasteiger partial charge in [0.1, 0.15) is 6.04 Å². The van der Waals surface area contributed by atoms with Gasteiger partial charge in [0.25, 0.3) is 0 Å². The highest BCUT2D eigenvalue weighted by atomic mass is 16.5. The molecule has 1 unspecified atom stereocenters. The van der Waals surface area contributed by atoms with Crippen LogP contribution in [-0.2, 0) is 16.0 Å². The van der Waals surface area contributed by atoms with Crippen LogP contribution in [0.1, 0.15) is 25.3 Å². The zero-order valence-electron chi connectivity index (χ0n) is 13.1. The molecule has 0 aromatic heterocycles. The van der Waals surface area contributed by atoms with E-state index in [4.69, 9.17) is 4.74 Å². The largest absolute Gasteiger partial charge is 0.480 e. The summed E-state index contributed by atoms with van der Waals surface area (Å²) in [6, 6.07) is 12.6. The summed E-state index contributed by atoms with van der Waals surface area (Å²) in [6.07, 6.45) is 1.19. The van der Waals surface area contributed by atoms with E-state index in [9.17, 15) is 14.7 Å². The lowest BCUT2D eigenvalue weighted by Gasteiger charge is -2.15. The molecule has 0 fully saturated rings. The molecule has 0 aliphatic rings. The fourth-order valence-corrected chi connectivity index (χ4v) is 2.29. The normalized spacial score (nSPS) is 11.9. The van der Waals surface area contributed by atoms with E-state index in [0.29, 0.717) is 6.61 Å². The van der Waals surface area contributed by atoms with Gasteiger partial charge in [-0.25, -0.2) is 9.59 Å². The number of ether oxygens (including phenoxy) is 1. The SMILES string of the molecule is CCCCOC(=O)NC(Cc1ccc2ccccc2c1)C(=O)O. The van der Waals surface area contributed by atoms with Gasteiger partial charge >= 0.3 is 12.1 Å². The summed E-state index contributed by atoms with van der Waals surface area (Å²) in [5.74, 6) is -1.08. The van der Waals surface area contributed by atoms with Gasteiger partial charge in [-0.2, -0.15) is 0 Å². The summed E-state index contributed by atoms with van der Waals surface area (Å²) >= 11 is 0. The smallest absolute Gasteiger partial charge is 0.407 e. The van der Waals surface area contributed by atoms with Crippen molar-refractivity contribution in [2.75, 3.05) is 6.61 Å². The molecule has 0 saturated heterocycles. The maximum Gasteiger partial charge on any atom is 0.407 e. The number of fused-ring (bicyclic) bond motifs is 1. The Morgan fingerprint density at radius 2 is 1.91 bits per heavy atom. The maximum absolute atomic E-state index is 11.6. The van der Waals surface area contributed by atoms with Gasteiger partial charge in [0.2, 0.25) is 0 Å². The average molecular weight is 315 g/mol. The molecule has 5 nitrogen and oxygen atoms in total. The molecule has 122 valence electrons. The van der Waals surface area contributed by atoms with Crippen LogP contribution in [0.3, 0.4) is 0 Å². The van der Waals surface area contributed by atoms with Gasteiger partial charge in [-0.05, 0) is 22.8 Å². The van der Waals surface area contributed by atoms with Gasteiger partial charge in [-0.3, -0.25) is 0 Å². The minimum Gasteiger partial charge on any atom is -0.480 e. The quantitative estimate of drug-likeness (QED) is 0.768. The molecule has 2 aromatic rings. The molecule has 1 amide bonds. The molecule has 5 heteroatoms. The first-order valence-corrected chi connectivity index (χ1v) is 7.74. The molecule has 1 atom stereocenters. The molecule has 23 heavy (non-hydrogen) atoms. The number of carboxylic acid groups (broad SMARTS) is 1. The van der Waals surface area contributed by atoms with Crippen LogP contribution < -0.4 is 5.32 Å². The van der Waals surface area contributed by atoms with Crippen LogP contribution in [0.5, 0.6) is 0 Å². The highest BCUT2D eigenvalue weighted by Crippen LogP contribution is 2.16. The van der Waals surface area contributed by atoms with E-state index >= 15 is 0 Å². The Bertz CT molecular complexity index is 684. The van der Waals surface area contributed by atoms with Gasteiger partial charge in [0.05, 0.1) is 6.61 Å². The summed E-state index contributed by atoms with van der Waals surface area (Å²) in [5.41, 5.74) is 0.852. The number of hydrogen-bond acceptors (Lipinski definition) is 3. The molecule has 0 bridgehead atoms. The topological polar surface area (TPSA) is 75.6 Å². The van der Waals surface area contributed by atoms with Gasteiger partial charge in [0, 0.05) is 6.42 Å². The van der Waals surface area contributed by atoms with Crippen molar-refractivity contribution in [3.05, 3.63) is 48.0 Å². The number of aliphatic carboxylic acids is 1. The molecule has 0 saturated carbocycles. The summed E-state index contributed by atoms with van der Waals surface area (Å²) in [6.45, 7) is 2.28. The van der Waals surface area contributed by atoms with E-state index in [1.807, 2.05) is 49.4 Å². The number of unbranched alkanes of at least 4 members (excludes halogenated alkanes) is 1. The number of benzene rings is 2. The lowest BCUT2D eigenvalue weighted by molar-refractivity contribution is -0.139. The monoisotopic (exact) mass is 315 g/mol. The minimum atomic E-state index is -1.08. The molecule has 0 aliphatic carbocycles. The third kappa shape index (κ3) is 4.98. The Hall–Kier alpha value is -2.56. The van der Waals surface area contributed by atoms with Crippen molar-refractivity contribution in [1.82, 2.24) is 5.32 Å². The van der Waals surface area contributed by atoms with Crippen molar-refractivity contribution >= 4 is 22.8 Å². The van der Waals surface area contributed by atoms with E-state index in [1.54, 1.807) is 0 Å². The second kappa shape index (κ2) is 8.17. The second-order valence-corrected chi connectivity index (χ2v) is 5.41. The maximum atomic E-state index is 11.6. The number of carbonyl (C=O) groups is 2. The summed E-state index contributed by atoms with van der Waals surface area (Å²) in [4.78, 5) is 23.0. The lowest BCUT2D eigenvalue weighted by Crippen LogP contribution is -2.42. The molecule has 0 spiro atoms. The predicted molar refractivity (Wildman–Crippen MR) is 88.5 cm³/mol. The number of carbonyl (C=O) groups excluding carboxylic acids is 1. The third-order valence-corrected chi connectivity index (χ3v) is 3.57. The first-order valence-electron chi connectivity index (χ1n) is 7.74. The first kappa shape index (κ1) is 16.8. The van der Waals surface area contributed by atoms with E-state index < -0.39 is 18.1 Å². The highest BCUT2D eigenvalue weighted by Gasteiger charge is 2.21. The second-order valence-electron chi connectivity index (χ2n) is 5.41. The third-order valence-electron chi connectivity index (χ3n) is 3.57. The Labute approximate surface area is 135 Å². The van der Waals surface area contributed by atoms with Crippen LogP contribution in [0.2, 0.25) is 0 Å². The molecule has 0 radical (unpaired) electrons. The van der Waals surface area contributed by atoms with Crippen LogP contribution >= 0.6 is 0 Å². The number of rotatable bonds is 7. The first-order chi connectivity index (χ1) is 11.1. The zero-order chi connectivity index (χ0) is 16.7. The molecular formula is C18H21NO4. The standard InChI is InChI=1S/C18H21NO4/c1-2-3-10-23-18(22)19-16(17(20)21)12-13-8-9-14-6-4-5-7-15(14)11-13/h4-9,11,16H,2-3,10,12H2,1H3,(H,19,22)(H,20,21). The Kier molecular flexibility index (Phi) is 5.97. The summed E-state index contributed by atoms with van der Waals surface area (Å²) < 4.78 is 4.96. The number of carboxylic acids is 1. The molecule has 2 aromatic carbocycles. The number of nitrogens with one attached hydrogen (secondary N) is 1. The van der Waals surface area contributed by atoms with Crippen molar-refractivity contribution in [2.45, 2.75) is 32.2 Å². The minimum absolute atomic E-state index is 0.211. The van der Waals surface area contributed by atoms with Gasteiger partial charge in [0.15, 0.2) is 0 Å². The Balaban J connectivity index is 2.02. The number of hydrogen-bond donors (Lipinski definition) is 2. The average Bonchev–Trinajstić information content (AvgIpc) is 2.54. The van der Waals surface area contributed by atoms with E-state index in [2.05, 4.69) is 5.32 Å². The van der Waals surface area contributed by atoms with Gasteiger partial charge in [-0.1, -0.05) is 55.8 Å². The highest BCUT2D eigenvalue weighted by molar-refractivity contribution is 5.84. The van der Waals surface area contributed by atoms with Crippen LogP contribution in [-0.4, -0.2) is 29.8 Å². The number of amides is 1. The van der Waals surface area contributed by atoms with Crippen molar-refractivity contribution in [2.24, 2.45) is 0 Å². The summed E-state index contributed by atoms with van der Waals surface area (Å²) in [5, 5.41) is 13.8.